The molecule has 0 spiro atoms. The first kappa shape index (κ1) is 20.3. The summed E-state index contributed by atoms with van der Waals surface area (Å²) >= 11 is 6.23. The van der Waals surface area contributed by atoms with Crippen molar-refractivity contribution in [1.29, 1.82) is 0 Å². The molecule has 1 N–H and O–H groups in total. The number of halogens is 1. The lowest BCUT2D eigenvalue weighted by molar-refractivity contribution is 0.102. The molecule has 0 aliphatic carbocycles. The van der Waals surface area contributed by atoms with Crippen LogP contribution in [0.1, 0.15) is 22.3 Å². The summed E-state index contributed by atoms with van der Waals surface area (Å²) in [5.41, 5.74) is 2.25. The third-order valence-electron chi connectivity index (χ3n) is 4.54. The summed E-state index contributed by atoms with van der Waals surface area (Å²) in [6, 6.07) is 8.14. The van der Waals surface area contributed by atoms with Gasteiger partial charge in [-0.15, -0.1) is 0 Å². The number of rotatable bonds is 5. The average Bonchev–Trinajstić information content (AvgIpc) is 2.67. The minimum Gasteiger partial charge on any atom is -0.493 e. The number of fused-ring (bicyclic) bond motifs is 1. The molecule has 1 amide bonds. The molecule has 150 valence electrons. The van der Waals surface area contributed by atoms with Crippen LogP contribution in [0.4, 0.5) is 11.4 Å². The van der Waals surface area contributed by atoms with Gasteiger partial charge >= 0.3 is 0 Å². The Morgan fingerprint density at radius 2 is 1.82 bits per heavy atom. The number of benzene rings is 2. The summed E-state index contributed by atoms with van der Waals surface area (Å²) in [4.78, 5) is 12.7. The maximum Gasteiger partial charge on any atom is 0.255 e. The number of ether oxygens (including phenoxy) is 2. The van der Waals surface area contributed by atoms with Crippen LogP contribution >= 0.6 is 11.6 Å². The van der Waals surface area contributed by atoms with Crippen molar-refractivity contribution in [1.82, 2.24) is 0 Å². The SMILES string of the molecule is COc1cc(Cl)c(NC(=O)c2ccc3c(c2)CCCN3S(C)(=O)=O)cc1OC. The van der Waals surface area contributed by atoms with Crippen molar-refractivity contribution >= 4 is 38.9 Å². The number of nitrogens with one attached hydrogen (secondary N) is 1. The molecule has 7 nitrogen and oxygen atoms in total. The second kappa shape index (κ2) is 7.89. The van der Waals surface area contributed by atoms with E-state index in [4.69, 9.17) is 21.1 Å². The zero-order valence-corrected chi connectivity index (χ0v) is 17.4. The van der Waals surface area contributed by atoms with Crippen LogP contribution in [-0.2, 0) is 16.4 Å². The Hall–Kier alpha value is -2.45. The van der Waals surface area contributed by atoms with Gasteiger partial charge in [0.1, 0.15) is 0 Å². The number of amides is 1. The Morgan fingerprint density at radius 1 is 1.14 bits per heavy atom. The highest BCUT2D eigenvalue weighted by atomic mass is 35.5. The lowest BCUT2D eigenvalue weighted by Gasteiger charge is -2.29. The van der Waals surface area contributed by atoms with E-state index in [2.05, 4.69) is 5.32 Å². The zero-order valence-electron chi connectivity index (χ0n) is 15.8. The molecule has 0 unspecified atom stereocenters. The molecule has 1 aliphatic rings. The molecule has 0 aromatic heterocycles. The van der Waals surface area contributed by atoms with Crippen molar-refractivity contribution in [3.8, 4) is 11.5 Å². The molecule has 2 aromatic carbocycles. The molecular weight excluding hydrogens is 404 g/mol. The van der Waals surface area contributed by atoms with Crippen molar-refractivity contribution in [2.24, 2.45) is 0 Å². The maximum absolute atomic E-state index is 12.7. The van der Waals surface area contributed by atoms with Gasteiger partial charge in [0.2, 0.25) is 10.0 Å². The molecule has 1 heterocycles. The highest BCUT2D eigenvalue weighted by Gasteiger charge is 2.25. The van der Waals surface area contributed by atoms with Crippen molar-refractivity contribution in [3.05, 3.63) is 46.5 Å². The van der Waals surface area contributed by atoms with E-state index in [1.54, 1.807) is 30.3 Å². The number of aryl methyl sites for hydroxylation is 1. The number of carbonyl (C=O) groups excluding carboxylic acids is 1. The molecule has 0 bridgehead atoms. The monoisotopic (exact) mass is 424 g/mol. The molecule has 0 radical (unpaired) electrons. The number of methoxy groups -OCH3 is 2. The van der Waals surface area contributed by atoms with Gasteiger partial charge in [-0.05, 0) is 36.6 Å². The van der Waals surface area contributed by atoms with E-state index in [9.17, 15) is 13.2 Å². The summed E-state index contributed by atoms with van der Waals surface area (Å²) in [5.74, 6) is 0.546. The third-order valence-corrected chi connectivity index (χ3v) is 6.03. The minimum atomic E-state index is -3.35. The van der Waals surface area contributed by atoms with E-state index in [0.717, 1.165) is 5.56 Å². The molecule has 9 heteroatoms. The summed E-state index contributed by atoms with van der Waals surface area (Å²) in [7, 11) is -0.358. The largest absolute Gasteiger partial charge is 0.493 e. The van der Waals surface area contributed by atoms with Crippen LogP contribution in [0.3, 0.4) is 0 Å². The van der Waals surface area contributed by atoms with Crippen LogP contribution in [0.5, 0.6) is 11.5 Å². The van der Waals surface area contributed by atoms with Crippen LogP contribution in [0, 0.1) is 0 Å². The molecular formula is C19H21ClN2O5S. The van der Waals surface area contributed by atoms with Crippen LogP contribution < -0.4 is 19.1 Å². The van der Waals surface area contributed by atoms with Gasteiger partial charge in [0.15, 0.2) is 11.5 Å². The van der Waals surface area contributed by atoms with Gasteiger partial charge in [0.25, 0.3) is 5.91 Å². The van der Waals surface area contributed by atoms with Crippen molar-refractivity contribution < 1.29 is 22.7 Å². The lowest BCUT2D eigenvalue weighted by Crippen LogP contribution is -2.34. The van der Waals surface area contributed by atoms with E-state index >= 15 is 0 Å². The molecule has 1 aliphatic heterocycles. The average molecular weight is 425 g/mol. The summed E-state index contributed by atoms with van der Waals surface area (Å²) in [6.07, 6.45) is 2.59. The Morgan fingerprint density at radius 3 is 2.46 bits per heavy atom. The number of hydrogen-bond donors (Lipinski definition) is 1. The van der Waals surface area contributed by atoms with Gasteiger partial charge in [0, 0.05) is 24.2 Å². The lowest BCUT2D eigenvalue weighted by atomic mass is 10.0. The second-order valence-electron chi connectivity index (χ2n) is 6.42. The number of nitrogens with zero attached hydrogens (tertiary/aromatic N) is 1. The first-order chi connectivity index (χ1) is 13.2. The van der Waals surface area contributed by atoms with Crippen LogP contribution in [-0.4, -0.2) is 41.3 Å². The predicted octanol–water partition coefficient (Wildman–Crippen LogP) is 3.32. The second-order valence-corrected chi connectivity index (χ2v) is 8.74. The zero-order chi connectivity index (χ0) is 20.5. The molecule has 0 atom stereocenters. The predicted molar refractivity (Wildman–Crippen MR) is 109 cm³/mol. The molecule has 0 saturated heterocycles. The van der Waals surface area contributed by atoms with Gasteiger partial charge < -0.3 is 14.8 Å². The highest BCUT2D eigenvalue weighted by Crippen LogP contribution is 2.36. The Balaban J connectivity index is 1.89. The van der Waals surface area contributed by atoms with Gasteiger partial charge in [-0.25, -0.2) is 8.42 Å². The van der Waals surface area contributed by atoms with Crippen molar-refractivity contribution in [3.63, 3.8) is 0 Å². The van der Waals surface area contributed by atoms with Crippen LogP contribution in [0.25, 0.3) is 0 Å². The molecule has 3 rings (SSSR count). The Bertz CT molecular complexity index is 1020. The van der Waals surface area contributed by atoms with E-state index in [1.165, 1.54) is 24.8 Å². The topological polar surface area (TPSA) is 84.9 Å². The fourth-order valence-corrected chi connectivity index (χ4v) is 4.39. The number of sulfonamides is 1. The first-order valence-electron chi connectivity index (χ1n) is 8.58. The minimum absolute atomic E-state index is 0.312. The van der Waals surface area contributed by atoms with Gasteiger partial charge in [-0.2, -0.15) is 0 Å². The van der Waals surface area contributed by atoms with E-state index in [0.29, 0.717) is 52.8 Å². The number of hydrogen-bond acceptors (Lipinski definition) is 5. The fourth-order valence-electron chi connectivity index (χ4n) is 3.19. The van der Waals surface area contributed by atoms with Gasteiger partial charge in [0.05, 0.1) is 36.9 Å². The van der Waals surface area contributed by atoms with E-state index in [1.807, 2.05) is 0 Å². The smallest absolute Gasteiger partial charge is 0.255 e. The highest BCUT2D eigenvalue weighted by molar-refractivity contribution is 7.92. The van der Waals surface area contributed by atoms with E-state index < -0.39 is 10.0 Å². The van der Waals surface area contributed by atoms with Crippen LogP contribution in [0.15, 0.2) is 30.3 Å². The normalized spacial score (nSPS) is 13.6. The molecule has 28 heavy (non-hydrogen) atoms. The molecule has 0 saturated carbocycles. The van der Waals surface area contributed by atoms with Gasteiger partial charge in [-0.1, -0.05) is 11.6 Å². The fraction of sp³-hybridized carbons (Fsp3) is 0.316. The quantitative estimate of drug-likeness (QED) is 0.795. The summed E-state index contributed by atoms with van der Waals surface area (Å²) in [6.45, 7) is 0.443. The van der Waals surface area contributed by atoms with Crippen LogP contribution in [0.2, 0.25) is 5.02 Å². The molecule has 0 fully saturated rings. The first-order valence-corrected chi connectivity index (χ1v) is 10.8. The number of anilines is 2. The van der Waals surface area contributed by atoms with Gasteiger partial charge in [-0.3, -0.25) is 9.10 Å². The number of carbonyl (C=O) groups is 1. The van der Waals surface area contributed by atoms with E-state index in [-0.39, 0.29) is 5.91 Å². The molecule has 2 aromatic rings. The Labute approximate surface area is 169 Å². The summed E-state index contributed by atoms with van der Waals surface area (Å²) < 4.78 is 35.7. The maximum atomic E-state index is 12.7. The Kier molecular flexibility index (Phi) is 5.71. The standard InChI is InChI=1S/C19H21ClN2O5S/c1-26-17-10-14(20)15(11-18(17)27-2)21-19(23)13-6-7-16-12(9-13)5-4-8-22(16)28(3,24)25/h6-7,9-11H,4-5,8H2,1-3H3,(H,21,23). The van der Waals surface area contributed by atoms with Crippen molar-refractivity contribution in [2.75, 3.05) is 36.6 Å². The summed E-state index contributed by atoms with van der Waals surface area (Å²) in [5, 5.41) is 3.07. The third kappa shape index (κ3) is 4.02. The van der Waals surface area contributed by atoms with Crippen molar-refractivity contribution in [2.45, 2.75) is 12.8 Å².